The Hall–Kier alpha value is -1.21. The summed E-state index contributed by atoms with van der Waals surface area (Å²) in [5, 5.41) is 9.06. The van der Waals surface area contributed by atoms with Crippen LogP contribution < -0.4 is 4.90 Å². The van der Waals surface area contributed by atoms with Crippen molar-refractivity contribution < 1.29 is 13.5 Å². The number of hydrogen-bond donors (Lipinski definition) is 1. The number of aryl methyl sites for hydroxylation is 1. The van der Waals surface area contributed by atoms with Gasteiger partial charge in [-0.05, 0) is 13.3 Å². The maximum atomic E-state index is 11.5. The van der Waals surface area contributed by atoms with E-state index in [1.165, 1.54) is 0 Å². The predicted molar refractivity (Wildman–Crippen MR) is 68.2 cm³/mol. The molecule has 0 atom stereocenters. The van der Waals surface area contributed by atoms with E-state index in [-0.39, 0.29) is 18.1 Å². The minimum Gasteiger partial charge on any atom is -0.392 e. The number of aliphatic hydroxyl groups is 1. The number of nitrogens with zero attached hydrogens (tertiary/aromatic N) is 3. The standard InChI is InChI=1S/C11H17N3O3S/c1-9-10(8-15)7-12-11(13-9)14-3-2-5-18(16,17)6-4-14/h7,15H,2-6,8H2,1H3. The first kappa shape index (κ1) is 13.2. The number of aromatic nitrogens is 2. The summed E-state index contributed by atoms with van der Waals surface area (Å²) >= 11 is 0. The average Bonchev–Trinajstić information content (AvgIpc) is 2.50. The van der Waals surface area contributed by atoms with Gasteiger partial charge in [-0.2, -0.15) is 0 Å². The monoisotopic (exact) mass is 271 g/mol. The molecule has 7 heteroatoms. The largest absolute Gasteiger partial charge is 0.392 e. The fourth-order valence-electron chi connectivity index (χ4n) is 1.93. The zero-order valence-electron chi connectivity index (χ0n) is 10.3. The molecule has 1 aromatic heterocycles. The van der Waals surface area contributed by atoms with Crippen LogP contribution in [0.3, 0.4) is 0 Å². The quantitative estimate of drug-likeness (QED) is 0.809. The highest BCUT2D eigenvalue weighted by atomic mass is 32.2. The highest BCUT2D eigenvalue weighted by Gasteiger charge is 2.20. The van der Waals surface area contributed by atoms with Crippen LogP contribution in [0.15, 0.2) is 6.20 Å². The van der Waals surface area contributed by atoms with Crippen LogP contribution in [0.4, 0.5) is 5.95 Å². The molecule has 0 unspecified atom stereocenters. The molecular formula is C11H17N3O3S. The topological polar surface area (TPSA) is 83.4 Å². The van der Waals surface area contributed by atoms with Crippen molar-refractivity contribution in [3.8, 4) is 0 Å². The molecule has 1 aliphatic rings. The molecule has 1 N–H and O–H groups in total. The Balaban J connectivity index is 2.19. The van der Waals surface area contributed by atoms with Crippen LogP contribution in [0, 0.1) is 6.92 Å². The van der Waals surface area contributed by atoms with Gasteiger partial charge in [-0.25, -0.2) is 18.4 Å². The molecule has 18 heavy (non-hydrogen) atoms. The smallest absolute Gasteiger partial charge is 0.225 e. The number of hydrogen-bond acceptors (Lipinski definition) is 6. The number of sulfone groups is 1. The SMILES string of the molecule is Cc1nc(N2CCCS(=O)(=O)CC2)ncc1CO. The molecule has 0 bridgehead atoms. The van der Waals surface area contributed by atoms with Crippen LogP contribution in [0.5, 0.6) is 0 Å². The Morgan fingerprint density at radius 3 is 2.83 bits per heavy atom. The van der Waals surface area contributed by atoms with E-state index in [0.29, 0.717) is 31.0 Å². The summed E-state index contributed by atoms with van der Waals surface area (Å²) in [4.78, 5) is 10.4. The summed E-state index contributed by atoms with van der Waals surface area (Å²) in [6.07, 6.45) is 2.20. The first-order chi connectivity index (χ1) is 8.52. The van der Waals surface area contributed by atoms with Gasteiger partial charge in [-0.15, -0.1) is 0 Å². The van der Waals surface area contributed by atoms with E-state index in [0.717, 1.165) is 5.69 Å². The first-order valence-electron chi connectivity index (χ1n) is 5.90. The summed E-state index contributed by atoms with van der Waals surface area (Å²) in [5.74, 6) is 0.927. The molecule has 0 radical (unpaired) electrons. The summed E-state index contributed by atoms with van der Waals surface area (Å²) in [7, 11) is -2.92. The maximum absolute atomic E-state index is 11.5. The lowest BCUT2D eigenvalue weighted by atomic mass is 10.2. The molecule has 6 nitrogen and oxygen atoms in total. The second kappa shape index (κ2) is 5.19. The number of rotatable bonds is 2. The third-order valence-electron chi connectivity index (χ3n) is 3.08. The van der Waals surface area contributed by atoms with Crippen molar-refractivity contribution in [3.05, 3.63) is 17.5 Å². The first-order valence-corrected chi connectivity index (χ1v) is 7.73. The molecule has 2 rings (SSSR count). The van der Waals surface area contributed by atoms with Crippen LogP contribution in [0.2, 0.25) is 0 Å². The van der Waals surface area contributed by atoms with Gasteiger partial charge in [0.15, 0.2) is 9.84 Å². The highest BCUT2D eigenvalue weighted by Crippen LogP contribution is 2.14. The lowest BCUT2D eigenvalue weighted by Crippen LogP contribution is -2.28. The Labute approximate surface area is 107 Å². The van der Waals surface area contributed by atoms with E-state index < -0.39 is 9.84 Å². The summed E-state index contributed by atoms with van der Waals surface area (Å²) in [6, 6.07) is 0. The number of aliphatic hydroxyl groups excluding tert-OH is 1. The Morgan fingerprint density at radius 1 is 1.39 bits per heavy atom. The fourth-order valence-corrected chi connectivity index (χ4v) is 3.20. The number of anilines is 1. The van der Waals surface area contributed by atoms with E-state index in [9.17, 15) is 8.42 Å². The van der Waals surface area contributed by atoms with Crippen LogP contribution in [-0.4, -0.2) is 48.1 Å². The van der Waals surface area contributed by atoms with E-state index in [4.69, 9.17) is 5.11 Å². The predicted octanol–water partition coefficient (Wildman–Crippen LogP) is -0.0978. The lowest BCUT2D eigenvalue weighted by Gasteiger charge is -2.20. The van der Waals surface area contributed by atoms with Gasteiger partial charge in [-0.3, -0.25) is 0 Å². The molecule has 0 amide bonds. The van der Waals surface area contributed by atoms with Gasteiger partial charge in [0, 0.05) is 30.5 Å². The van der Waals surface area contributed by atoms with E-state index >= 15 is 0 Å². The van der Waals surface area contributed by atoms with E-state index in [1.54, 1.807) is 6.20 Å². The summed E-state index contributed by atoms with van der Waals surface area (Å²) in [5.41, 5.74) is 1.43. The normalized spacial score (nSPS) is 19.6. The highest BCUT2D eigenvalue weighted by molar-refractivity contribution is 7.91. The zero-order valence-corrected chi connectivity index (χ0v) is 11.2. The van der Waals surface area contributed by atoms with Crippen molar-refractivity contribution in [3.63, 3.8) is 0 Å². The van der Waals surface area contributed by atoms with Crippen LogP contribution >= 0.6 is 0 Å². The van der Waals surface area contributed by atoms with Gasteiger partial charge in [0.1, 0.15) is 0 Å². The van der Waals surface area contributed by atoms with Crippen molar-refractivity contribution in [1.82, 2.24) is 9.97 Å². The van der Waals surface area contributed by atoms with Crippen molar-refractivity contribution in [2.24, 2.45) is 0 Å². The van der Waals surface area contributed by atoms with Crippen molar-refractivity contribution in [2.45, 2.75) is 20.0 Å². The second-order valence-corrected chi connectivity index (χ2v) is 6.73. The molecular weight excluding hydrogens is 254 g/mol. The third kappa shape index (κ3) is 2.97. The summed E-state index contributed by atoms with van der Waals surface area (Å²) in [6.45, 7) is 2.81. The Morgan fingerprint density at radius 2 is 2.17 bits per heavy atom. The molecule has 100 valence electrons. The maximum Gasteiger partial charge on any atom is 0.225 e. The van der Waals surface area contributed by atoms with Gasteiger partial charge < -0.3 is 10.0 Å². The van der Waals surface area contributed by atoms with Gasteiger partial charge in [0.05, 0.1) is 18.1 Å². The minimum absolute atomic E-state index is 0.0828. The molecule has 1 aliphatic heterocycles. The average molecular weight is 271 g/mol. The van der Waals surface area contributed by atoms with Gasteiger partial charge in [0.2, 0.25) is 5.95 Å². The Bertz CT molecular complexity index is 530. The minimum atomic E-state index is -2.92. The van der Waals surface area contributed by atoms with Crippen molar-refractivity contribution in [2.75, 3.05) is 29.5 Å². The molecule has 0 spiro atoms. The van der Waals surface area contributed by atoms with Crippen molar-refractivity contribution in [1.29, 1.82) is 0 Å². The van der Waals surface area contributed by atoms with E-state index in [1.807, 2.05) is 11.8 Å². The van der Waals surface area contributed by atoms with Crippen LogP contribution in [0.25, 0.3) is 0 Å². The van der Waals surface area contributed by atoms with Crippen molar-refractivity contribution >= 4 is 15.8 Å². The second-order valence-electron chi connectivity index (χ2n) is 4.43. The molecule has 1 fully saturated rings. The summed E-state index contributed by atoms with van der Waals surface area (Å²) < 4.78 is 23.0. The molecule has 0 aromatic carbocycles. The molecule has 1 aromatic rings. The molecule has 0 aliphatic carbocycles. The molecule has 2 heterocycles. The molecule has 1 saturated heterocycles. The van der Waals surface area contributed by atoms with Crippen LogP contribution in [0.1, 0.15) is 17.7 Å². The van der Waals surface area contributed by atoms with Gasteiger partial charge in [-0.1, -0.05) is 0 Å². The third-order valence-corrected chi connectivity index (χ3v) is 4.79. The van der Waals surface area contributed by atoms with Gasteiger partial charge >= 0.3 is 0 Å². The fraction of sp³-hybridized carbons (Fsp3) is 0.636. The molecule has 0 saturated carbocycles. The zero-order chi connectivity index (χ0) is 13.2. The lowest BCUT2D eigenvalue weighted by molar-refractivity contribution is 0.280. The van der Waals surface area contributed by atoms with E-state index in [2.05, 4.69) is 9.97 Å². The van der Waals surface area contributed by atoms with Gasteiger partial charge in [0.25, 0.3) is 0 Å². The van der Waals surface area contributed by atoms with Crippen LogP contribution in [-0.2, 0) is 16.4 Å². The Kier molecular flexibility index (Phi) is 3.82.